The van der Waals surface area contributed by atoms with Crippen molar-refractivity contribution in [1.82, 2.24) is 16.0 Å². The van der Waals surface area contributed by atoms with Gasteiger partial charge in [0.15, 0.2) is 0 Å². The number of thioether (sulfide) groups is 1. The lowest BCUT2D eigenvalue weighted by Gasteiger charge is -2.25. The highest BCUT2D eigenvalue weighted by atomic mass is 32.2. The molecule has 4 atom stereocenters. The van der Waals surface area contributed by atoms with Crippen molar-refractivity contribution in [2.75, 3.05) is 6.54 Å². The first kappa shape index (κ1) is 26.6. The largest absolute Gasteiger partial charge is 0.480 e. The lowest BCUT2D eigenvalue weighted by Crippen LogP contribution is -2.57. The van der Waals surface area contributed by atoms with Crippen molar-refractivity contribution in [3.63, 3.8) is 0 Å². The van der Waals surface area contributed by atoms with Crippen LogP contribution in [0, 0.1) is 0 Å². The Hall–Kier alpha value is -2.63. The molecule has 182 valence electrons. The number of rotatable bonds is 12. The van der Waals surface area contributed by atoms with E-state index >= 15 is 0 Å². The van der Waals surface area contributed by atoms with Crippen molar-refractivity contribution in [1.29, 1.82) is 0 Å². The minimum absolute atomic E-state index is 0.0842. The van der Waals surface area contributed by atoms with Crippen LogP contribution in [0.5, 0.6) is 0 Å². The summed E-state index contributed by atoms with van der Waals surface area (Å²) in [5, 5.41) is 26.2. The van der Waals surface area contributed by atoms with Gasteiger partial charge in [0, 0.05) is 11.3 Å². The molecule has 1 aliphatic heterocycles. The lowest BCUT2D eigenvalue weighted by atomic mass is 10.0. The normalized spacial score (nSPS) is 21.1. The van der Waals surface area contributed by atoms with Crippen LogP contribution in [-0.2, 0) is 25.6 Å². The van der Waals surface area contributed by atoms with E-state index < -0.39 is 46.1 Å². The Morgan fingerprint density at radius 2 is 1.82 bits per heavy atom. The standard InChI is InChI=1S/C22H32N4O6S/c1-22(2)17(21(31)32)26-19(33-22)16(25-15(27)12-13-8-4-3-5-9-13)18(28)24-11-7-6-10-14(23)20(29)30/h3-5,8-9,14,16-17,19,26H,6-7,10-12,23H2,1-2H3,(H,24,28)(H,25,27)(H,29,30)(H,31,32)/t14-,16?,17+,19-/m1/s1. The fourth-order valence-corrected chi connectivity index (χ4v) is 5.04. The number of carbonyl (C=O) groups excluding carboxylic acids is 2. The van der Waals surface area contributed by atoms with E-state index in [0.717, 1.165) is 5.56 Å². The van der Waals surface area contributed by atoms with Gasteiger partial charge in [0.2, 0.25) is 11.8 Å². The second-order valence-electron chi connectivity index (χ2n) is 8.52. The van der Waals surface area contributed by atoms with Gasteiger partial charge in [0.25, 0.3) is 0 Å². The molecule has 1 aliphatic rings. The second-order valence-corrected chi connectivity index (χ2v) is 10.3. The Morgan fingerprint density at radius 3 is 2.39 bits per heavy atom. The Balaban J connectivity index is 2.02. The van der Waals surface area contributed by atoms with Crippen molar-refractivity contribution in [3.05, 3.63) is 35.9 Å². The van der Waals surface area contributed by atoms with E-state index in [1.807, 2.05) is 30.3 Å². The van der Waals surface area contributed by atoms with E-state index in [-0.39, 0.29) is 25.3 Å². The SMILES string of the molecule is CC1(C)S[C@H](C(NC(=O)Cc2ccccc2)C(=O)NCCCC[C@@H](N)C(=O)O)N[C@H]1C(=O)O. The molecule has 1 aromatic carbocycles. The number of hydrogen-bond acceptors (Lipinski definition) is 7. The highest BCUT2D eigenvalue weighted by Crippen LogP contribution is 2.39. The minimum atomic E-state index is -1.07. The van der Waals surface area contributed by atoms with Crippen molar-refractivity contribution < 1.29 is 29.4 Å². The summed E-state index contributed by atoms with van der Waals surface area (Å²) in [6.07, 6.45) is 1.41. The quantitative estimate of drug-likeness (QED) is 0.230. The molecule has 1 unspecified atom stereocenters. The molecule has 1 fully saturated rings. The zero-order valence-corrected chi connectivity index (χ0v) is 19.6. The number of unbranched alkanes of at least 4 members (excludes halogenated alkanes) is 1. The van der Waals surface area contributed by atoms with E-state index in [0.29, 0.717) is 12.8 Å². The van der Waals surface area contributed by atoms with E-state index in [9.17, 15) is 24.3 Å². The summed E-state index contributed by atoms with van der Waals surface area (Å²) < 4.78 is -0.688. The van der Waals surface area contributed by atoms with E-state index in [2.05, 4.69) is 16.0 Å². The van der Waals surface area contributed by atoms with Crippen LogP contribution in [0.3, 0.4) is 0 Å². The molecule has 2 amide bonds. The van der Waals surface area contributed by atoms with Gasteiger partial charge in [-0.2, -0.15) is 0 Å². The molecule has 10 nitrogen and oxygen atoms in total. The fraction of sp³-hybridized carbons (Fsp3) is 0.545. The number of carbonyl (C=O) groups is 4. The van der Waals surface area contributed by atoms with Gasteiger partial charge in [0.1, 0.15) is 18.1 Å². The van der Waals surface area contributed by atoms with Crippen LogP contribution < -0.4 is 21.7 Å². The van der Waals surface area contributed by atoms with Gasteiger partial charge < -0.3 is 26.6 Å². The summed E-state index contributed by atoms with van der Waals surface area (Å²) in [5.74, 6) is -2.89. The predicted molar refractivity (Wildman–Crippen MR) is 125 cm³/mol. The van der Waals surface area contributed by atoms with Crippen molar-refractivity contribution >= 4 is 35.5 Å². The Kier molecular flexibility index (Phi) is 9.69. The minimum Gasteiger partial charge on any atom is -0.480 e. The molecule has 0 saturated carbocycles. The topological polar surface area (TPSA) is 171 Å². The van der Waals surface area contributed by atoms with Gasteiger partial charge in [-0.3, -0.25) is 24.5 Å². The number of amides is 2. The number of nitrogens with two attached hydrogens (primary N) is 1. The van der Waals surface area contributed by atoms with Gasteiger partial charge in [-0.25, -0.2) is 0 Å². The zero-order chi connectivity index (χ0) is 24.6. The maximum atomic E-state index is 13.0. The van der Waals surface area contributed by atoms with Gasteiger partial charge in [-0.05, 0) is 38.7 Å². The maximum absolute atomic E-state index is 13.0. The monoisotopic (exact) mass is 480 g/mol. The van der Waals surface area contributed by atoms with Crippen LogP contribution in [0.1, 0.15) is 38.7 Å². The average molecular weight is 481 g/mol. The number of aliphatic carboxylic acids is 2. The second kappa shape index (κ2) is 12.0. The summed E-state index contributed by atoms with van der Waals surface area (Å²) in [7, 11) is 0. The molecular weight excluding hydrogens is 448 g/mol. The highest BCUT2D eigenvalue weighted by Gasteiger charge is 2.49. The maximum Gasteiger partial charge on any atom is 0.322 e. The lowest BCUT2D eigenvalue weighted by molar-refractivity contribution is -0.140. The molecular formula is C22H32N4O6S. The third kappa shape index (κ3) is 8.02. The van der Waals surface area contributed by atoms with Crippen LogP contribution in [0.2, 0.25) is 0 Å². The first-order chi connectivity index (χ1) is 15.5. The summed E-state index contributed by atoms with van der Waals surface area (Å²) in [4.78, 5) is 48.1. The molecule has 1 aromatic rings. The van der Waals surface area contributed by atoms with Gasteiger partial charge in [-0.15, -0.1) is 11.8 Å². The van der Waals surface area contributed by atoms with E-state index in [1.165, 1.54) is 11.8 Å². The predicted octanol–water partition coefficient (Wildman–Crippen LogP) is 0.307. The molecule has 0 aromatic heterocycles. The number of carboxylic acid groups (broad SMARTS) is 2. The van der Waals surface area contributed by atoms with Crippen LogP contribution in [0.4, 0.5) is 0 Å². The third-order valence-corrected chi connectivity index (χ3v) is 6.88. The van der Waals surface area contributed by atoms with E-state index in [4.69, 9.17) is 10.8 Å². The number of hydrogen-bond donors (Lipinski definition) is 6. The van der Waals surface area contributed by atoms with Gasteiger partial charge in [0.05, 0.1) is 11.8 Å². The molecule has 0 bridgehead atoms. The average Bonchev–Trinajstić information content (AvgIpc) is 3.07. The third-order valence-electron chi connectivity index (χ3n) is 5.37. The van der Waals surface area contributed by atoms with Gasteiger partial charge >= 0.3 is 11.9 Å². The molecule has 1 heterocycles. The summed E-state index contributed by atoms with van der Waals surface area (Å²) in [5.41, 5.74) is 6.27. The van der Waals surface area contributed by atoms with Crippen molar-refractivity contribution in [2.24, 2.45) is 5.73 Å². The molecule has 2 rings (SSSR count). The highest BCUT2D eigenvalue weighted by molar-refractivity contribution is 8.01. The molecule has 1 saturated heterocycles. The van der Waals surface area contributed by atoms with Crippen LogP contribution in [0.25, 0.3) is 0 Å². The van der Waals surface area contributed by atoms with Crippen molar-refractivity contribution in [3.8, 4) is 0 Å². The summed E-state index contributed by atoms with van der Waals surface area (Å²) in [6, 6.07) is 6.27. The van der Waals surface area contributed by atoms with E-state index in [1.54, 1.807) is 13.8 Å². The Bertz CT molecular complexity index is 851. The summed E-state index contributed by atoms with van der Waals surface area (Å²) >= 11 is 1.29. The number of nitrogens with one attached hydrogen (secondary N) is 3. The fourth-order valence-electron chi connectivity index (χ4n) is 3.55. The van der Waals surface area contributed by atoms with Crippen LogP contribution >= 0.6 is 11.8 Å². The molecule has 0 spiro atoms. The Morgan fingerprint density at radius 1 is 1.15 bits per heavy atom. The summed E-state index contributed by atoms with van der Waals surface area (Å²) in [6.45, 7) is 3.82. The number of benzene rings is 1. The molecule has 0 aliphatic carbocycles. The first-order valence-corrected chi connectivity index (χ1v) is 11.7. The molecule has 33 heavy (non-hydrogen) atoms. The Labute approximate surface area is 197 Å². The molecule has 11 heteroatoms. The molecule has 0 radical (unpaired) electrons. The van der Waals surface area contributed by atoms with Crippen molar-refractivity contribution in [2.45, 2.75) is 67.8 Å². The number of carboxylic acids is 2. The van der Waals surface area contributed by atoms with Crippen LogP contribution in [-0.4, -0.2) is 68.8 Å². The smallest absolute Gasteiger partial charge is 0.322 e. The first-order valence-electron chi connectivity index (χ1n) is 10.8. The molecule has 7 N–H and O–H groups in total. The zero-order valence-electron chi connectivity index (χ0n) is 18.7. The van der Waals surface area contributed by atoms with Gasteiger partial charge in [-0.1, -0.05) is 30.3 Å². The van der Waals surface area contributed by atoms with Crippen LogP contribution in [0.15, 0.2) is 30.3 Å².